The molecule has 1 saturated carbocycles. The second-order valence-electron chi connectivity index (χ2n) is 6.59. The average Bonchev–Trinajstić information content (AvgIpc) is 2.87. The standard InChI is InChI=1S/C18H16Cl2N2O3S/c1-8-4-12(10(3)26-8)14-5-13(15-9(2)22-25-16(15)21-14)17(23)24-7-11-6-18(11,19)20/h4-5,11H,6-7H2,1-3H3. The number of ether oxygens (including phenoxy) is 1. The molecule has 26 heavy (non-hydrogen) atoms. The number of hydrogen-bond donors (Lipinski definition) is 0. The Balaban J connectivity index is 1.73. The summed E-state index contributed by atoms with van der Waals surface area (Å²) >= 11 is 13.7. The molecule has 0 N–H and O–H groups in total. The van der Waals surface area contributed by atoms with Crippen molar-refractivity contribution in [3.05, 3.63) is 33.1 Å². The summed E-state index contributed by atoms with van der Waals surface area (Å²) < 4.78 is 9.98. The second kappa shape index (κ2) is 6.22. The summed E-state index contributed by atoms with van der Waals surface area (Å²) in [4.78, 5) is 19.6. The number of pyridine rings is 1. The number of fused-ring (bicyclic) bond motifs is 1. The highest BCUT2D eigenvalue weighted by atomic mass is 35.5. The number of esters is 1. The summed E-state index contributed by atoms with van der Waals surface area (Å²) in [7, 11) is 0. The molecule has 0 saturated heterocycles. The van der Waals surface area contributed by atoms with Gasteiger partial charge in [-0.15, -0.1) is 34.5 Å². The van der Waals surface area contributed by atoms with Gasteiger partial charge in [-0.25, -0.2) is 9.78 Å². The van der Waals surface area contributed by atoms with Crippen LogP contribution in [0.5, 0.6) is 0 Å². The van der Waals surface area contributed by atoms with Crippen molar-refractivity contribution in [3.63, 3.8) is 0 Å². The van der Waals surface area contributed by atoms with Crippen molar-refractivity contribution in [2.24, 2.45) is 5.92 Å². The van der Waals surface area contributed by atoms with Gasteiger partial charge in [-0.2, -0.15) is 0 Å². The van der Waals surface area contributed by atoms with E-state index in [2.05, 4.69) is 10.1 Å². The maximum Gasteiger partial charge on any atom is 0.339 e. The van der Waals surface area contributed by atoms with Crippen LogP contribution in [0.25, 0.3) is 22.4 Å². The molecule has 136 valence electrons. The van der Waals surface area contributed by atoms with E-state index in [4.69, 9.17) is 32.5 Å². The number of thiophene rings is 1. The van der Waals surface area contributed by atoms with Crippen LogP contribution in [-0.4, -0.2) is 27.1 Å². The third-order valence-corrected chi connectivity index (χ3v) is 6.42. The van der Waals surface area contributed by atoms with E-state index in [1.54, 1.807) is 24.3 Å². The minimum absolute atomic E-state index is 0.0306. The van der Waals surface area contributed by atoms with E-state index in [9.17, 15) is 4.79 Å². The van der Waals surface area contributed by atoms with Gasteiger partial charge in [0.05, 0.1) is 28.9 Å². The number of rotatable bonds is 4. The molecule has 1 fully saturated rings. The zero-order valence-corrected chi connectivity index (χ0v) is 16.8. The second-order valence-corrected chi connectivity index (χ2v) is 9.59. The van der Waals surface area contributed by atoms with Crippen molar-refractivity contribution in [1.82, 2.24) is 10.1 Å². The lowest BCUT2D eigenvalue weighted by atomic mass is 10.1. The number of aromatic nitrogens is 2. The van der Waals surface area contributed by atoms with Gasteiger partial charge in [0.2, 0.25) is 0 Å². The fourth-order valence-corrected chi connectivity index (χ4v) is 4.41. The van der Waals surface area contributed by atoms with Crippen LogP contribution in [0.2, 0.25) is 0 Å². The predicted octanol–water partition coefficient (Wildman–Crippen LogP) is 5.23. The molecule has 3 heterocycles. The van der Waals surface area contributed by atoms with Gasteiger partial charge in [-0.1, -0.05) is 5.16 Å². The van der Waals surface area contributed by atoms with E-state index in [0.717, 1.165) is 10.4 Å². The van der Waals surface area contributed by atoms with E-state index in [1.165, 1.54) is 4.88 Å². The molecule has 0 radical (unpaired) electrons. The SMILES string of the molecule is Cc1cc(-c2cc(C(=O)OCC3CC3(Cl)Cl)c3c(C)noc3n2)c(C)s1. The Hall–Kier alpha value is -1.63. The van der Waals surface area contributed by atoms with E-state index in [1.807, 2.05) is 19.9 Å². The first-order chi connectivity index (χ1) is 12.3. The number of aryl methyl sites for hydroxylation is 3. The van der Waals surface area contributed by atoms with Crippen LogP contribution >= 0.6 is 34.5 Å². The lowest BCUT2D eigenvalue weighted by Crippen LogP contribution is -2.11. The van der Waals surface area contributed by atoms with Crippen LogP contribution in [-0.2, 0) is 4.74 Å². The third-order valence-electron chi connectivity index (χ3n) is 4.53. The molecular formula is C18H16Cl2N2O3S. The lowest BCUT2D eigenvalue weighted by Gasteiger charge is -2.08. The molecule has 4 rings (SSSR count). The minimum Gasteiger partial charge on any atom is -0.462 e. The zero-order chi connectivity index (χ0) is 18.6. The monoisotopic (exact) mass is 410 g/mol. The molecule has 1 unspecified atom stereocenters. The molecule has 0 spiro atoms. The zero-order valence-electron chi connectivity index (χ0n) is 14.4. The highest BCUT2D eigenvalue weighted by Gasteiger charge is 2.52. The van der Waals surface area contributed by atoms with Gasteiger partial charge < -0.3 is 9.26 Å². The molecule has 1 aliphatic carbocycles. The smallest absolute Gasteiger partial charge is 0.339 e. The number of carbonyl (C=O) groups is 1. The van der Waals surface area contributed by atoms with E-state index in [-0.39, 0.29) is 12.5 Å². The first-order valence-electron chi connectivity index (χ1n) is 8.15. The molecule has 0 aromatic carbocycles. The normalized spacial score (nSPS) is 18.3. The molecular weight excluding hydrogens is 395 g/mol. The van der Waals surface area contributed by atoms with Crippen LogP contribution < -0.4 is 0 Å². The van der Waals surface area contributed by atoms with Crippen molar-refractivity contribution in [1.29, 1.82) is 0 Å². The maximum absolute atomic E-state index is 12.7. The Labute approximate surface area is 164 Å². The number of halogens is 2. The number of hydrogen-bond acceptors (Lipinski definition) is 6. The molecule has 1 aliphatic rings. The predicted molar refractivity (Wildman–Crippen MR) is 102 cm³/mol. The summed E-state index contributed by atoms with van der Waals surface area (Å²) in [6, 6.07) is 3.79. The Morgan fingerprint density at radius 1 is 1.38 bits per heavy atom. The first-order valence-corrected chi connectivity index (χ1v) is 9.73. The van der Waals surface area contributed by atoms with Crippen LogP contribution in [0.15, 0.2) is 16.7 Å². The van der Waals surface area contributed by atoms with E-state index < -0.39 is 10.3 Å². The Kier molecular flexibility index (Phi) is 4.25. The highest BCUT2D eigenvalue weighted by Crippen LogP contribution is 2.53. The van der Waals surface area contributed by atoms with Crippen molar-refractivity contribution in [2.75, 3.05) is 6.61 Å². The lowest BCUT2D eigenvalue weighted by molar-refractivity contribution is 0.0487. The minimum atomic E-state index is -0.780. The summed E-state index contributed by atoms with van der Waals surface area (Å²) in [5.74, 6) is -0.484. The Morgan fingerprint density at radius 3 is 2.73 bits per heavy atom. The van der Waals surface area contributed by atoms with Gasteiger partial charge in [-0.3, -0.25) is 0 Å². The third kappa shape index (κ3) is 3.10. The largest absolute Gasteiger partial charge is 0.462 e. The van der Waals surface area contributed by atoms with Crippen molar-refractivity contribution in [3.8, 4) is 11.3 Å². The van der Waals surface area contributed by atoms with Gasteiger partial charge in [0.25, 0.3) is 5.71 Å². The highest BCUT2D eigenvalue weighted by molar-refractivity contribution is 7.12. The molecule has 5 nitrogen and oxygen atoms in total. The summed E-state index contributed by atoms with van der Waals surface area (Å²) in [5, 5.41) is 4.52. The van der Waals surface area contributed by atoms with Crippen molar-refractivity contribution < 1.29 is 14.1 Å². The van der Waals surface area contributed by atoms with E-state index >= 15 is 0 Å². The van der Waals surface area contributed by atoms with Gasteiger partial charge in [0.15, 0.2) is 0 Å². The van der Waals surface area contributed by atoms with E-state index in [0.29, 0.717) is 34.5 Å². The maximum atomic E-state index is 12.7. The first kappa shape index (κ1) is 17.8. The number of carbonyl (C=O) groups excluding carboxylic acids is 1. The molecule has 8 heteroatoms. The quantitative estimate of drug-likeness (QED) is 0.435. The van der Waals surface area contributed by atoms with Gasteiger partial charge in [0, 0.05) is 21.2 Å². The molecule has 3 aromatic heterocycles. The number of nitrogens with zero attached hydrogens (tertiary/aromatic N) is 2. The van der Waals surface area contributed by atoms with Gasteiger partial charge >= 0.3 is 5.97 Å². The fourth-order valence-electron chi connectivity index (χ4n) is 2.98. The van der Waals surface area contributed by atoms with Crippen LogP contribution in [0.1, 0.15) is 32.2 Å². The molecule has 1 atom stereocenters. The van der Waals surface area contributed by atoms with Crippen molar-refractivity contribution in [2.45, 2.75) is 31.5 Å². The number of alkyl halides is 2. The summed E-state index contributed by atoms with van der Waals surface area (Å²) in [6.45, 7) is 6.02. The fraction of sp³-hybridized carbons (Fsp3) is 0.389. The Bertz CT molecular complexity index is 1030. The average molecular weight is 411 g/mol. The van der Waals surface area contributed by atoms with Gasteiger partial charge in [0.1, 0.15) is 4.33 Å². The van der Waals surface area contributed by atoms with Crippen molar-refractivity contribution >= 4 is 51.6 Å². The summed E-state index contributed by atoms with van der Waals surface area (Å²) in [5.41, 5.74) is 2.95. The molecule has 0 amide bonds. The summed E-state index contributed by atoms with van der Waals surface area (Å²) in [6.07, 6.45) is 0.625. The molecule has 0 aliphatic heterocycles. The Morgan fingerprint density at radius 2 is 2.12 bits per heavy atom. The van der Waals surface area contributed by atoms with Crippen LogP contribution in [0.3, 0.4) is 0 Å². The van der Waals surface area contributed by atoms with Crippen LogP contribution in [0, 0.1) is 26.7 Å². The topological polar surface area (TPSA) is 65.2 Å². The molecule has 0 bridgehead atoms. The molecule has 3 aromatic rings. The van der Waals surface area contributed by atoms with Gasteiger partial charge in [-0.05, 0) is 39.3 Å². The van der Waals surface area contributed by atoms with Crippen LogP contribution in [0.4, 0.5) is 0 Å².